The van der Waals surface area contributed by atoms with Gasteiger partial charge in [-0.25, -0.2) is 4.79 Å². The van der Waals surface area contributed by atoms with Crippen molar-refractivity contribution in [2.24, 2.45) is 7.05 Å². The van der Waals surface area contributed by atoms with E-state index in [0.29, 0.717) is 38.4 Å². The highest BCUT2D eigenvalue weighted by atomic mass is 32.2. The molecule has 14 heteroatoms. The maximum atomic E-state index is 13.9. The summed E-state index contributed by atoms with van der Waals surface area (Å²) in [6, 6.07) is 11.7. The van der Waals surface area contributed by atoms with Gasteiger partial charge >= 0.3 is 11.8 Å². The van der Waals surface area contributed by atoms with E-state index in [0.717, 1.165) is 52.3 Å². The lowest BCUT2D eigenvalue weighted by Crippen LogP contribution is -2.69. The minimum Gasteiger partial charge on any atom is -0.691 e. The third-order valence-corrected chi connectivity index (χ3v) is 11.9. The minimum atomic E-state index is -0.124. The number of fused-ring (bicyclic) bond motifs is 2. The summed E-state index contributed by atoms with van der Waals surface area (Å²) in [6.45, 7) is 3.38. The number of amides is 1. The zero-order valence-corrected chi connectivity index (χ0v) is 27.5. The van der Waals surface area contributed by atoms with E-state index >= 15 is 0 Å². The van der Waals surface area contributed by atoms with Crippen LogP contribution in [0.2, 0.25) is 0 Å². The van der Waals surface area contributed by atoms with E-state index in [1.807, 2.05) is 23.8 Å². The fourth-order valence-corrected chi connectivity index (χ4v) is 9.03. The number of quaternary nitrogens is 2. The van der Waals surface area contributed by atoms with E-state index in [-0.39, 0.29) is 23.7 Å². The molecule has 11 nitrogen and oxygen atoms in total. The van der Waals surface area contributed by atoms with Crippen molar-refractivity contribution < 1.29 is 38.6 Å². The molecule has 234 valence electrons. The molecule has 0 aliphatic carbocycles. The average Bonchev–Trinajstić information content (AvgIpc) is 3.44. The number of allylic oxidation sites excluding steroid dienone is 1. The van der Waals surface area contributed by atoms with E-state index in [1.165, 1.54) is 21.8 Å². The first-order valence-corrected chi connectivity index (χ1v) is 17.0. The SMILES string of the molecule is Cc1ccc2c(c1)N(C)C(=CC=c1sc(=Cc3oc4ccc(SOO[O-])cc4[n+]3C)c(=O)n1CCC1C(=O)[N+]13CCCC3[NH3+])S2. The third kappa shape index (κ3) is 5.28. The zero-order valence-electron chi connectivity index (χ0n) is 25.1. The Labute approximate surface area is 271 Å². The lowest BCUT2D eigenvalue weighted by atomic mass is 10.2. The lowest BCUT2D eigenvalue weighted by molar-refractivity contribution is -0.880. The van der Waals surface area contributed by atoms with Crippen molar-refractivity contribution in [3.05, 3.63) is 78.5 Å². The summed E-state index contributed by atoms with van der Waals surface area (Å²) in [5, 5.41) is 14.8. The third-order valence-electron chi connectivity index (χ3n) is 9.10. The van der Waals surface area contributed by atoms with Crippen LogP contribution in [-0.2, 0) is 27.8 Å². The maximum absolute atomic E-state index is 13.9. The summed E-state index contributed by atoms with van der Waals surface area (Å²) >= 11 is 3.90. The first kappa shape index (κ1) is 30.4. The van der Waals surface area contributed by atoms with Gasteiger partial charge in [0, 0.05) is 42.3 Å². The molecule has 3 unspecified atom stereocenters. The number of carbonyl (C=O) groups is 1. The fourth-order valence-electron chi connectivity index (χ4n) is 6.61. The van der Waals surface area contributed by atoms with Crippen molar-refractivity contribution in [3.63, 3.8) is 0 Å². The molecule has 1 amide bonds. The Morgan fingerprint density at radius 3 is 2.87 bits per heavy atom. The number of thiazole rings is 1. The van der Waals surface area contributed by atoms with Crippen LogP contribution in [0.5, 0.6) is 0 Å². The molecular weight excluding hydrogens is 635 g/mol. The number of hydrogen-bond acceptors (Lipinski definition) is 10. The molecule has 0 saturated carbocycles. The Morgan fingerprint density at radius 2 is 2.09 bits per heavy atom. The van der Waals surface area contributed by atoms with Gasteiger partial charge in [0.05, 0.1) is 46.5 Å². The standard InChI is InChI=1S/C31H32N5O6S3/c1-18-6-9-24-21(15-18)34(3)28(43-24)10-11-29-35(13-12-22-31(38)36(22)14-4-5-26(36)32)30(37)25(44-29)17-27-33(2)20-16-19(45-42-41-39)7-8-23(20)40-27/h6-11,15-17,22,26H,4-5,12-14,32H2,1-3H3/q+1/p+1. The van der Waals surface area contributed by atoms with E-state index in [2.05, 4.69) is 58.3 Å². The number of nitrogens with zero attached hydrogens (tertiary/aromatic N) is 4. The first-order chi connectivity index (χ1) is 21.7. The molecule has 2 fully saturated rings. The number of anilines is 1. The molecule has 5 heterocycles. The van der Waals surface area contributed by atoms with Crippen molar-refractivity contribution in [1.82, 2.24) is 4.57 Å². The van der Waals surface area contributed by atoms with Gasteiger partial charge in [-0.2, -0.15) is 13.4 Å². The van der Waals surface area contributed by atoms with Gasteiger partial charge in [0.25, 0.3) is 11.1 Å². The van der Waals surface area contributed by atoms with Gasteiger partial charge in [-0.1, -0.05) is 17.8 Å². The van der Waals surface area contributed by atoms with Crippen LogP contribution >= 0.6 is 35.1 Å². The van der Waals surface area contributed by atoms with Gasteiger partial charge < -0.3 is 20.3 Å². The Morgan fingerprint density at radius 1 is 1.24 bits per heavy atom. The van der Waals surface area contributed by atoms with E-state index in [1.54, 1.807) is 34.5 Å². The molecule has 1 spiro atoms. The van der Waals surface area contributed by atoms with Crippen molar-refractivity contribution >= 4 is 70.0 Å². The Hall–Kier alpha value is -3.21. The van der Waals surface area contributed by atoms with Crippen LogP contribution < -0.4 is 35.2 Å². The molecule has 2 aromatic carbocycles. The lowest BCUT2D eigenvalue weighted by Gasteiger charge is -2.13. The van der Waals surface area contributed by atoms with E-state index < -0.39 is 0 Å². The van der Waals surface area contributed by atoms with Crippen LogP contribution in [0.25, 0.3) is 23.3 Å². The maximum Gasteiger partial charge on any atom is 0.377 e. The predicted octanol–water partition coefficient (Wildman–Crippen LogP) is 1.19. The molecule has 45 heavy (non-hydrogen) atoms. The van der Waals surface area contributed by atoms with Crippen LogP contribution in [0.1, 0.15) is 30.7 Å². The molecule has 3 aliphatic heterocycles. The van der Waals surface area contributed by atoms with Crippen LogP contribution in [0.3, 0.4) is 0 Å². The molecule has 3 atom stereocenters. The number of carbonyl (C=O) groups excluding carboxylic acids is 1. The van der Waals surface area contributed by atoms with Gasteiger partial charge in [-0.3, -0.25) is 14.4 Å². The second kappa shape index (κ2) is 11.9. The number of oxazole rings is 1. The van der Waals surface area contributed by atoms with Crippen LogP contribution in [0.4, 0.5) is 5.69 Å². The Kier molecular flexibility index (Phi) is 8.02. The topological polar surface area (TPSA) is 128 Å². The fraction of sp³-hybridized carbons (Fsp3) is 0.323. The number of rotatable bonds is 8. The number of thioether (sulfide) groups is 1. The second-order valence-corrected chi connectivity index (χ2v) is 14.5. The molecule has 2 aromatic heterocycles. The molecule has 0 radical (unpaired) electrons. The van der Waals surface area contributed by atoms with E-state index in [4.69, 9.17) is 4.42 Å². The van der Waals surface area contributed by atoms with Crippen molar-refractivity contribution in [2.45, 2.75) is 54.7 Å². The second-order valence-electron chi connectivity index (χ2n) is 11.7. The highest BCUT2D eigenvalue weighted by molar-refractivity contribution is 8.03. The minimum absolute atomic E-state index is 0.0917. The van der Waals surface area contributed by atoms with Gasteiger partial charge in [0.15, 0.2) is 0 Å². The largest absolute Gasteiger partial charge is 0.691 e. The average molecular weight is 668 g/mol. The normalized spacial score (nSPS) is 24.2. The number of aromatic nitrogens is 2. The van der Waals surface area contributed by atoms with E-state index in [9.17, 15) is 14.8 Å². The monoisotopic (exact) mass is 667 g/mol. The smallest absolute Gasteiger partial charge is 0.377 e. The predicted molar refractivity (Wildman–Crippen MR) is 169 cm³/mol. The quantitative estimate of drug-likeness (QED) is 0.0736. The number of hydrogen-bond donors (Lipinski definition) is 1. The number of aryl methyl sites for hydroxylation is 2. The van der Waals surface area contributed by atoms with Crippen LogP contribution in [0.15, 0.2) is 66.5 Å². The summed E-state index contributed by atoms with van der Waals surface area (Å²) in [5.74, 6) is 0.755. The highest BCUT2D eigenvalue weighted by Gasteiger charge is 2.73. The van der Waals surface area contributed by atoms with Gasteiger partial charge in [-0.05, 0) is 48.9 Å². The number of benzene rings is 2. The first-order valence-electron chi connectivity index (χ1n) is 14.7. The highest BCUT2D eigenvalue weighted by Crippen LogP contribution is 2.45. The van der Waals surface area contributed by atoms with Gasteiger partial charge in [-0.15, -0.1) is 11.3 Å². The summed E-state index contributed by atoms with van der Waals surface area (Å²) in [7, 11) is 3.90. The summed E-state index contributed by atoms with van der Waals surface area (Å²) in [5.41, 5.74) is 7.89. The molecule has 2 saturated heterocycles. The summed E-state index contributed by atoms with van der Waals surface area (Å²) < 4.78 is 16.0. The molecule has 3 N–H and O–H groups in total. The molecule has 7 rings (SSSR count). The van der Waals surface area contributed by atoms with Gasteiger partial charge in [0.1, 0.15) is 11.6 Å². The van der Waals surface area contributed by atoms with Crippen molar-refractivity contribution in [3.8, 4) is 0 Å². The van der Waals surface area contributed by atoms with Crippen molar-refractivity contribution in [2.75, 3.05) is 18.5 Å². The summed E-state index contributed by atoms with van der Waals surface area (Å²) in [6.07, 6.45) is 8.51. The Bertz CT molecular complexity index is 2050. The Balaban J connectivity index is 1.26. The summed E-state index contributed by atoms with van der Waals surface area (Å²) in [4.78, 5) is 30.9. The zero-order chi connectivity index (χ0) is 31.5. The van der Waals surface area contributed by atoms with Crippen LogP contribution in [0, 0.1) is 6.92 Å². The molecule has 0 bridgehead atoms. The van der Waals surface area contributed by atoms with Crippen molar-refractivity contribution in [1.29, 1.82) is 0 Å². The van der Waals surface area contributed by atoms with Crippen LogP contribution in [-0.4, -0.2) is 40.8 Å². The van der Waals surface area contributed by atoms with Gasteiger partial charge in [0.2, 0.25) is 17.8 Å². The molecule has 4 aromatic rings. The molecule has 3 aliphatic rings. The molecular formula is C31H33N5O6S3+2.